The lowest BCUT2D eigenvalue weighted by Gasteiger charge is -2.29. The lowest BCUT2D eigenvalue weighted by Crippen LogP contribution is -2.26. The van der Waals surface area contributed by atoms with Gasteiger partial charge in [0.2, 0.25) is 0 Å². The summed E-state index contributed by atoms with van der Waals surface area (Å²) in [5.74, 6) is 0.0195. The minimum absolute atomic E-state index is 0.0195. The molecule has 0 unspecified atom stereocenters. The second-order valence-corrected chi connectivity index (χ2v) is 4.28. The van der Waals surface area contributed by atoms with Gasteiger partial charge in [-0.05, 0) is 12.8 Å². The van der Waals surface area contributed by atoms with E-state index in [4.69, 9.17) is 5.11 Å². The van der Waals surface area contributed by atoms with E-state index in [1.165, 1.54) is 0 Å². The van der Waals surface area contributed by atoms with Gasteiger partial charge in [0.1, 0.15) is 0 Å². The average molecular weight is 223 g/mol. The second-order valence-electron chi connectivity index (χ2n) is 3.39. The van der Waals surface area contributed by atoms with Crippen LogP contribution >= 0.6 is 11.3 Å². The zero-order valence-electron chi connectivity index (χ0n) is 7.08. The van der Waals surface area contributed by atoms with Crippen LogP contribution in [0.4, 0.5) is 13.2 Å². The second kappa shape index (κ2) is 3.20. The zero-order valence-corrected chi connectivity index (χ0v) is 7.90. The van der Waals surface area contributed by atoms with E-state index in [-0.39, 0.29) is 12.0 Å². The summed E-state index contributed by atoms with van der Waals surface area (Å²) in [4.78, 5) is 3.52. The standard InChI is InChI=1S/C8H8F3NOS/c9-8(10,11)6-3-14-7(12-6)4-1-5(13)2-4/h3-5,13H,1-2H2/t4-,5+. The van der Waals surface area contributed by atoms with Crippen LogP contribution in [0.25, 0.3) is 0 Å². The number of aliphatic hydroxyl groups excluding tert-OH is 1. The summed E-state index contributed by atoms with van der Waals surface area (Å²) in [6, 6.07) is 0. The Bertz CT molecular complexity index is 330. The molecule has 1 fully saturated rings. The highest BCUT2D eigenvalue weighted by Crippen LogP contribution is 2.40. The van der Waals surface area contributed by atoms with Crippen molar-refractivity contribution in [3.05, 3.63) is 16.1 Å². The normalized spacial score (nSPS) is 27.4. The summed E-state index contributed by atoms with van der Waals surface area (Å²) in [7, 11) is 0. The largest absolute Gasteiger partial charge is 0.434 e. The monoisotopic (exact) mass is 223 g/mol. The van der Waals surface area contributed by atoms with Crippen molar-refractivity contribution in [2.75, 3.05) is 0 Å². The van der Waals surface area contributed by atoms with Crippen molar-refractivity contribution >= 4 is 11.3 Å². The van der Waals surface area contributed by atoms with Crippen molar-refractivity contribution in [2.45, 2.75) is 31.0 Å². The number of alkyl halides is 3. The summed E-state index contributed by atoms with van der Waals surface area (Å²) in [5, 5.41) is 10.5. The molecule has 78 valence electrons. The van der Waals surface area contributed by atoms with Crippen LogP contribution in [0.15, 0.2) is 5.38 Å². The Morgan fingerprint density at radius 1 is 1.43 bits per heavy atom. The maximum Gasteiger partial charge on any atom is 0.434 e. The maximum absolute atomic E-state index is 12.2. The first kappa shape index (κ1) is 9.92. The van der Waals surface area contributed by atoms with Gasteiger partial charge in [0, 0.05) is 11.3 Å². The first-order valence-corrected chi connectivity index (χ1v) is 5.05. The molecule has 1 aromatic heterocycles. The summed E-state index contributed by atoms with van der Waals surface area (Å²) < 4.78 is 36.5. The molecule has 0 aliphatic heterocycles. The summed E-state index contributed by atoms with van der Waals surface area (Å²) in [5.41, 5.74) is -0.820. The predicted octanol–water partition coefficient (Wildman–Crippen LogP) is 2.40. The van der Waals surface area contributed by atoms with Crippen LogP contribution < -0.4 is 0 Å². The van der Waals surface area contributed by atoms with E-state index in [0.717, 1.165) is 16.7 Å². The van der Waals surface area contributed by atoms with E-state index >= 15 is 0 Å². The van der Waals surface area contributed by atoms with Crippen LogP contribution in [-0.4, -0.2) is 16.2 Å². The Kier molecular flexibility index (Phi) is 2.27. The number of nitrogens with zero attached hydrogens (tertiary/aromatic N) is 1. The van der Waals surface area contributed by atoms with Crippen molar-refractivity contribution in [3.8, 4) is 0 Å². The molecule has 6 heteroatoms. The van der Waals surface area contributed by atoms with Gasteiger partial charge in [-0.15, -0.1) is 11.3 Å². The topological polar surface area (TPSA) is 33.1 Å². The van der Waals surface area contributed by atoms with Crippen LogP contribution in [0.3, 0.4) is 0 Å². The molecule has 1 aliphatic rings. The van der Waals surface area contributed by atoms with Crippen molar-refractivity contribution in [3.63, 3.8) is 0 Å². The highest BCUT2D eigenvalue weighted by Gasteiger charge is 2.36. The SMILES string of the molecule is O[C@H]1C[C@@H](c2nc(C(F)(F)F)cs2)C1. The molecular weight excluding hydrogens is 215 g/mol. The Morgan fingerprint density at radius 2 is 2.07 bits per heavy atom. The molecule has 1 N–H and O–H groups in total. The van der Waals surface area contributed by atoms with Crippen LogP contribution in [0.5, 0.6) is 0 Å². The quantitative estimate of drug-likeness (QED) is 0.793. The van der Waals surface area contributed by atoms with Gasteiger partial charge in [-0.25, -0.2) is 4.98 Å². The molecule has 0 radical (unpaired) electrons. The minimum Gasteiger partial charge on any atom is -0.393 e. The van der Waals surface area contributed by atoms with Gasteiger partial charge in [0.25, 0.3) is 0 Å². The third-order valence-electron chi connectivity index (χ3n) is 2.27. The van der Waals surface area contributed by atoms with Gasteiger partial charge in [-0.3, -0.25) is 0 Å². The van der Waals surface area contributed by atoms with Crippen molar-refractivity contribution in [2.24, 2.45) is 0 Å². The molecule has 14 heavy (non-hydrogen) atoms. The van der Waals surface area contributed by atoms with E-state index in [1.54, 1.807) is 0 Å². The maximum atomic E-state index is 12.2. The number of halogens is 3. The third-order valence-corrected chi connectivity index (χ3v) is 3.28. The van der Waals surface area contributed by atoms with Gasteiger partial charge < -0.3 is 5.11 Å². The molecule has 0 atom stereocenters. The number of aromatic nitrogens is 1. The molecule has 0 amide bonds. The van der Waals surface area contributed by atoms with Crippen molar-refractivity contribution < 1.29 is 18.3 Å². The summed E-state index contributed by atoms with van der Waals surface area (Å²) >= 11 is 1.02. The molecule has 1 aliphatic carbocycles. The number of aliphatic hydroxyl groups is 1. The molecular formula is C8H8F3NOS. The van der Waals surface area contributed by atoms with Gasteiger partial charge in [0.15, 0.2) is 5.69 Å². The highest BCUT2D eigenvalue weighted by atomic mass is 32.1. The van der Waals surface area contributed by atoms with Gasteiger partial charge in [0.05, 0.1) is 11.1 Å². The third kappa shape index (κ3) is 1.76. The average Bonchev–Trinajstić information content (AvgIpc) is 2.45. The lowest BCUT2D eigenvalue weighted by atomic mass is 9.83. The van der Waals surface area contributed by atoms with Crippen LogP contribution in [0.1, 0.15) is 29.5 Å². The number of thiazole rings is 1. The molecule has 0 aromatic carbocycles. The van der Waals surface area contributed by atoms with E-state index in [0.29, 0.717) is 17.8 Å². The van der Waals surface area contributed by atoms with E-state index in [1.807, 2.05) is 0 Å². The van der Waals surface area contributed by atoms with E-state index in [2.05, 4.69) is 4.98 Å². The van der Waals surface area contributed by atoms with Crippen LogP contribution in [0.2, 0.25) is 0 Å². The molecule has 0 spiro atoms. The first-order chi connectivity index (χ1) is 6.47. The smallest absolute Gasteiger partial charge is 0.393 e. The summed E-state index contributed by atoms with van der Waals surface area (Å²) in [6.07, 6.45) is -3.65. The Hall–Kier alpha value is -0.620. The van der Waals surface area contributed by atoms with Crippen molar-refractivity contribution in [1.82, 2.24) is 4.98 Å². The predicted molar refractivity (Wildman–Crippen MR) is 45.1 cm³/mol. The Labute approximate surface area is 82.4 Å². The fourth-order valence-corrected chi connectivity index (χ4v) is 2.35. The highest BCUT2D eigenvalue weighted by molar-refractivity contribution is 7.09. The molecule has 0 bridgehead atoms. The van der Waals surface area contributed by atoms with Gasteiger partial charge >= 0.3 is 6.18 Å². The first-order valence-electron chi connectivity index (χ1n) is 4.17. The fraction of sp³-hybridized carbons (Fsp3) is 0.625. The van der Waals surface area contributed by atoms with E-state index < -0.39 is 11.9 Å². The molecule has 1 aromatic rings. The molecule has 2 rings (SSSR count). The minimum atomic E-state index is -4.35. The zero-order chi connectivity index (χ0) is 10.3. The molecule has 2 nitrogen and oxygen atoms in total. The Balaban J connectivity index is 2.11. The number of hydrogen-bond acceptors (Lipinski definition) is 3. The van der Waals surface area contributed by atoms with Crippen LogP contribution in [0, 0.1) is 0 Å². The van der Waals surface area contributed by atoms with E-state index in [9.17, 15) is 13.2 Å². The van der Waals surface area contributed by atoms with Gasteiger partial charge in [-0.1, -0.05) is 0 Å². The molecule has 0 saturated heterocycles. The van der Waals surface area contributed by atoms with Gasteiger partial charge in [-0.2, -0.15) is 13.2 Å². The van der Waals surface area contributed by atoms with Crippen molar-refractivity contribution in [1.29, 1.82) is 0 Å². The lowest BCUT2D eigenvalue weighted by molar-refractivity contribution is -0.140. The number of rotatable bonds is 1. The molecule has 1 saturated carbocycles. The summed E-state index contributed by atoms with van der Waals surface area (Å²) in [6.45, 7) is 0. The van der Waals surface area contributed by atoms with Crippen LogP contribution in [-0.2, 0) is 6.18 Å². The Morgan fingerprint density at radius 3 is 2.50 bits per heavy atom. The fourth-order valence-electron chi connectivity index (χ4n) is 1.39. The molecule has 1 heterocycles. The number of hydrogen-bond donors (Lipinski definition) is 1.